The van der Waals surface area contributed by atoms with Gasteiger partial charge in [0.1, 0.15) is 4.90 Å². The maximum atomic E-state index is 13.8. The van der Waals surface area contributed by atoms with E-state index in [0.29, 0.717) is 0 Å². The maximum Gasteiger partial charge on any atom is 0.243 e. The molecule has 0 aromatic heterocycles. The van der Waals surface area contributed by atoms with Crippen molar-refractivity contribution in [2.75, 3.05) is 13.2 Å². The number of halogens is 2. The van der Waals surface area contributed by atoms with E-state index in [9.17, 15) is 17.9 Å². The zero-order chi connectivity index (χ0) is 14.8. The van der Waals surface area contributed by atoms with E-state index in [0.717, 1.165) is 25.7 Å². The first kappa shape index (κ1) is 15.7. The van der Waals surface area contributed by atoms with Crippen molar-refractivity contribution in [3.63, 3.8) is 0 Å². The van der Waals surface area contributed by atoms with Crippen LogP contribution < -0.4 is 4.72 Å². The van der Waals surface area contributed by atoms with Crippen molar-refractivity contribution in [3.05, 3.63) is 29.0 Å². The summed E-state index contributed by atoms with van der Waals surface area (Å²) in [5.74, 6) is -0.953. The number of hydrogen-bond acceptors (Lipinski definition) is 3. The highest BCUT2D eigenvalue weighted by atomic mass is 35.5. The van der Waals surface area contributed by atoms with E-state index in [1.807, 2.05) is 0 Å². The molecule has 1 aliphatic carbocycles. The summed E-state index contributed by atoms with van der Waals surface area (Å²) in [6, 6.07) is 3.85. The van der Waals surface area contributed by atoms with Gasteiger partial charge in [-0.05, 0) is 25.0 Å². The molecule has 0 radical (unpaired) electrons. The normalized spacial score (nSPS) is 18.4. The second-order valence-corrected chi connectivity index (χ2v) is 7.38. The monoisotopic (exact) mass is 321 g/mol. The van der Waals surface area contributed by atoms with Gasteiger partial charge in [-0.1, -0.05) is 30.5 Å². The molecule has 0 unspecified atom stereocenters. The minimum atomic E-state index is -3.97. The van der Waals surface area contributed by atoms with Crippen molar-refractivity contribution < 1.29 is 17.9 Å². The summed E-state index contributed by atoms with van der Waals surface area (Å²) in [5, 5.41) is 9.22. The molecule has 0 saturated heterocycles. The average Bonchev–Trinajstić information content (AvgIpc) is 2.89. The summed E-state index contributed by atoms with van der Waals surface area (Å²) >= 11 is 5.59. The predicted octanol–water partition coefficient (Wildman–Crippen LogP) is 2.31. The number of aliphatic hydroxyl groups is 1. The SMILES string of the molecule is O=S(=O)(NCC1(CO)CCCC1)c1cccc(Cl)c1F. The van der Waals surface area contributed by atoms with Crippen LogP contribution in [0.25, 0.3) is 0 Å². The molecule has 1 fully saturated rings. The van der Waals surface area contributed by atoms with Gasteiger partial charge in [0.2, 0.25) is 10.0 Å². The van der Waals surface area contributed by atoms with Crippen LogP contribution in [0.4, 0.5) is 4.39 Å². The molecule has 1 saturated carbocycles. The molecule has 1 aromatic carbocycles. The lowest BCUT2D eigenvalue weighted by atomic mass is 9.88. The molecule has 0 atom stereocenters. The Hall–Kier alpha value is -0.690. The third-order valence-electron chi connectivity index (χ3n) is 3.84. The van der Waals surface area contributed by atoms with Gasteiger partial charge in [-0.2, -0.15) is 0 Å². The van der Waals surface area contributed by atoms with Crippen molar-refractivity contribution in [1.82, 2.24) is 4.72 Å². The molecular formula is C13H17ClFNO3S. The lowest BCUT2D eigenvalue weighted by Crippen LogP contribution is -2.38. The molecule has 2 N–H and O–H groups in total. The van der Waals surface area contributed by atoms with Crippen LogP contribution in [0.2, 0.25) is 5.02 Å². The van der Waals surface area contributed by atoms with Gasteiger partial charge in [0.25, 0.3) is 0 Å². The fraction of sp³-hybridized carbons (Fsp3) is 0.538. The molecule has 20 heavy (non-hydrogen) atoms. The first-order valence-electron chi connectivity index (χ1n) is 6.45. The second-order valence-electron chi connectivity index (χ2n) is 5.24. The number of aliphatic hydroxyl groups excluding tert-OH is 1. The highest BCUT2D eigenvalue weighted by Crippen LogP contribution is 2.37. The molecule has 1 aliphatic rings. The molecule has 4 nitrogen and oxygen atoms in total. The van der Waals surface area contributed by atoms with Gasteiger partial charge >= 0.3 is 0 Å². The number of rotatable bonds is 5. The smallest absolute Gasteiger partial charge is 0.243 e. The van der Waals surface area contributed by atoms with E-state index >= 15 is 0 Å². The van der Waals surface area contributed by atoms with E-state index in [1.54, 1.807) is 0 Å². The maximum absolute atomic E-state index is 13.8. The van der Waals surface area contributed by atoms with Crippen molar-refractivity contribution in [1.29, 1.82) is 0 Å². The molecule has 112 valence electrons. The van der Waals surface area contributed by atoms with E-state index < -0.39 is 26.2 Å². The lowest BCUT2D eigenvalue weighted by molar-refractivity contribution is 0.134. The fourth-order valence-corrected chi connectivity index (χ4v) is 4.02. The van der Waals surface area contributed by atoms with Crippen LogP contribution in [0, 0.1) is 11.2 Å². The van der Waals surface area contributed by atoms with Gasteiger partial charge in [0.05, 0.1) is 5.02 Å². The Morgan fingerprint density at radius 2 is 2.00 bits per heavy atom. The number of sulfonamides is 1. The third kappa shape index (κ3) is 3.14. The minimum Gasteiger partial charge on any atom is -0.396 e. The Labute approximate surface area is 123 Å². The van der Waals surface area contributed by atoms with Crippen LogP contribution in [0.3, 0.4) is 0 Å². The first-order valence-corrected chi connectivity index (χ1v) is 8.31. The molecular weight excluding hydrogens is 305 g/mol. The molecule has 0 amide bonds. The first-order chi connectivity index (χ1) is 9.40. The Kier molecular flexibility index (Phi) is 4.69. The number of benzene rings is 1. The van der Waals surface area contributed by atoms with E-state index in [4.69, 9.17) is 11.6 Å². The Morgan fingerprint density at radius 1 is 1.35 bits per heavy atom. The number of nitrogens with one attached hydrogen (secondary N) is 1. The third-order valence-corrected chi connectivity index (χ3v) is 5.55. The van der Waals surface area contributed by atoms with Gasteiger partial charge in [0.15, 0.2) is 5.82 Å². The van der Waals surface area contributed by atoms with Gasteiger partial charge in [0, 0.05) is 18.6 Å². The zero-order valence-electron chi connectivity index (χ0n) is 10.9. The molecule has 1 aromatic rings. The largest absolute Gasteiger partial charge is 0.396 e. The Balaban J connectivity index is 2.17. The van der Waals surface area contributed by atoms with Crippen molar-refractivity contribution in [2.45, 2.75) is 30.6 Å². The van der Waals surface area contributed by atoms with E-state index in [2.05, 4.69) is 4.72 Å². The van der Waals surface area contributed by atoms with Crippen molar-refractivity contribution >= 4 is 21.6 Å². The van der Waals surface area contributed by atoms with Crippen LogP contribution >= 0.6 is 11.6 Å². The van der Waals surface area contributed by atoms with Crippen molar-refractivity contribution in [2.24, 2.45) is 5.41 Å². The van der Waals surface area contributed by atoms with Crippen LogP contribution in [0.1, 0.15) is 25.7 Å². The highest BCUT2D eigenvalue weighted by molar-refractivity contribution is 7.89. The molecule has 0 aliphatic heterocycles. The van der Waals surface area contributed by atoms with E-state index in [1.165, 1.54) is 18.2 Å². The van der Waals surface area contributed by atoms with E-state index in [-0.39, 0.29) is 18.2 Å². The van der Waals surface area contributed by atoms with Crippen LogP contribution in [-0.4, -0.2) is 26.7 Å². The minimum absolute atomic E-state index is 0.0758. The predicted molar refractivity (Wildman–Crippen MR) is 74.6 cm³/mol. The highest BCUT2D eigenvalue weighted by Gasteiger charge is 2.35. The summed E-state index contributed by atoms with van der Waals surface area (Å²) in [5.41, 5.74) is -0.428. The van der Waals surface area contributed by atoms with Crippen molar-refractivity contribution in [3.8, 4) is 0 Å². The average molecular weight is 322 g/mol. The quantitative estimate of drug-likeness (QED) is 0.874. The summed E-state index contributed by atoms with van der Waals surface area (Å²) in [7, 11) is -3.97. The van der Waals surface area contributed by atoms with Gasteiger partial charge in [-0.25, -0.2) is 17.5 Å². The topological polar surface area (TPSA) is 66.4 Å². The number of hydrogen-bond donors (Lipinski definition) is 2. The summed E-state index contributed by atoms with van der Waals surface area (Å²) in [4.78, 5) is -0.462. The molecule has 2 rings (SSSR count). The van der Waals surface area contributed by atoms with Crippen LogP contribution in [0.5, 0.6) is 0 Å². The Morgan fingerprint density at radius 3 is 2.60 bits per heavy atom. The summed E-state index contributed by atoms with van der Waals surface area (Å²) in [6.45, 7) is 0.0331. The fourth-order valence-electron chi connectivity index (χ4n) is 2.53. The van der Waals surface area contributed by atoms with Crippen LogP contribution in [0.15, 0.2) is 23.1 Å². The second kappa shape index (κ2) is 5.97. The van der Waals surface area contributed by atoms with Gasteiger partial charge in [-0.3, -0.25) is 0 Å². The van der Waals surface area contributed by atoms with Crippen LogP contribution in [-0.2, 0) is 10.0 Å². The zero-order valence-corrected chi connectivity index (χ0v) is 12.5. The van der Waals surface area contributed by atoms with Gasteiger partial charge < -0.3 is 5.11 Å². The lowest BCUT2D eigenvalue weighted by Gasteiger charge is -2.26. The Bertz CT molecular complexity index is 585. The van der Waals surface area contributed by atoms with Gasteiger partial charge in [-0.15, -0.1) is 0 Å². The molecule has 7 heteroatoms. The molecule has 0 heterocycles. The molecule has 0 spiro atoms. The summed E-state index contributed by atoms with van der Waals surface area (Å²) in [6.07, 6.45) is 3.47. The summed E-state index contributed by atoms with van der Waals surface area (Å²) < 4.78 is 40.4. The standard InChI is InChI=1S/C13H17ClFNO3S/c14-10-4-3-5-11(12(10)15)20(18,19)16-8-13(9-17)6-1-2-7-13/h3-5,16-17H,1-2,6-9H2. The molecule has 0 bridgehead atoms.